The van der Waals surface area contributed by atoms with Gasteiger partial charge in [0.1, 0.15) is 11.7 Å². The van der Waals surface area contributed by atoms with Crippen LogP contribution in [0.5, 0.6) is 11.5 Å². The zero-order valence-electron chi connectivity index (χ0n) is 17.6. The van der Waals surface area contributed by atoms with Gasteiger partial charge in [-0.2, -0.15) is 0 Å². The summed E-state index contributed by atoms with van der Waals surface area (Å²) in [6.07, 6.45) is 2.95. The Morgan fingerprint density at radius 1 is 1.32 bits per heavy atom. The molecular weight excluding hydrogens is 350 g/mol. The maximum atomic E-state index is 10.7. The SMILES string of the molecule is CO[C@@]12CC(=C3C4Cc5ccc(O)c6c5C3(CCN4)C1O6)[C@@H]2C(C)C(C)(C)C. The average Bonchev–Trinajstić information content (AvgIpc) is 2.97. The van der Waals surface area contributed by atoms with Crippen molar-refractivity contribution in [1.29, 1.82) is 0 Å². The average molecular weight is 382 g/mol. The monoisotopic (exact) mass is 381 g/mol. The van der Waals surface area contributed by atoms with E-state index in [2.05, 4.69) is 39.1 Å². The third-order valence-corrected chi connectivity index (χ3v) is 8.92. The summed E-state index contributed by atoms with van der Waals surface area (Å²) in [7, 11) is 1.87. The fourth-order valence-electron chi connectivity index (χ4n) is 7.42. The van der Waals surface area contributed by atoms with Crippen molar-refractivity contribution in [3.63, 3.8) is 0 Å². The number of hydrogen-bond donors (Lipinski definition) is 2. The summed E-state index contributed by atoms with van der Waals surface area (Å²) in [5.41, 5.74) is 5.59. The standard InChI is InChI=1S/C24H31NO3/c1-12(22(2,3)4)17-14-11-24(17,27-5)21-23-8-9-25-15(19(14)23)10-13-6-7-16(26)20(28-21)18(13)23/h6-7,12,15,17,21,25-26H,8-11H2,1-5H3/t12?,15?,17-,21?,23?,24+/m0/s1. The fraction of sp³-hybridized carbons (Fsp3) is 0.667. The molecule has 2 N–H and O–H groups in total. The van der Waals surface area contributed by atoms with E-state index in [0.29, 0.717) is 17.9 Å². The zero-order valence-corrected chi connectivity index (χ0v) is 17.6. The molecule has 4 heteroatoms. The lowest BCUT2D eigenvalue weighted by Crippen LogP contribution is -2.75. The van der Waals surface area contributed by atoms with Crippen molar-refractivity contribution in [1.82, 2.24) is 5.32 Å². The van der Waals surface area contributed by atoms with Gasteiger partial charge >= 0.3 is 0 Å². The molecule has 6 atom stereocenters. The number of phenols is 1. The van der Waals surface area contributed by atoms with Gasteiger partial charge in [0.05, 0.1) is 5.41 Å². The lowest BCUT2D eigenvalue weighted by molar-refractivity contribution is -0.199. The maximum absolute atomic E-state index is 10.7. The van der Waals surface area contributed by atoms with Gasteiger partial charge in [0.15, 0.2) is 11.5 Å². The molecule has 7 rings (SSSR count). The molecule has 0 aromatic heterocycles. The van der Waals surface area contributed by atoms with Crippen LogP contribution in [0.3, 0.4) is 0 Å². The second-order valence-electron chi connectivity index (χ2n) is 10.8. The van der Waals surface area contributed by atoms with Gasteiger partial charge in [0.25, 0.3) is 0 Å². The van der Waals surface area contributed by atoms with Crippen LogP contribution in [-0.4, -0.2) is 36.5 Å². The van der Waals surface area contributed by atoms with Crippen LogP contribution in [0.4, 0.5) is 0 Å². The number of rotatable bonds is 2. The normalized spacial score (nSPS) is 40.5. The molecule has 4 unspecified atom stereocenters. The van der Waals surface area contributed by atoms with Gasteiger partial charge in [-0.1, -0.05) is 39.3 Å². The van der Waals surface area contributed by atoms with Gasteiger partial charge in [0, 0.05) is 31.1 Å². The predicted molar refractivity (Wildman–Crippen MR) is 108 cm³/mol. The third kappa shape index (κ3) is 1.65. The Morgan fingerprint density at radius 2 is 2.11 bits per heavy atom. The molecule has 6 aliphatic rings. The van der Waals surface area contributed by atoms with Gasteiger partial charge in [0.2, 0.25) is 0 Å². The minimum absolute atomic E-state index is 0.0424. The van der Waals surface area contributed by atoms with Crippen molar-refractivity contribution in [2.24, 2.45) is 17.3 Å². The predicted octanol–water partition coefficient (Wildman–Crippen LogP) is 3.71. The Hall–Kier alpha value is -1.52. The molecule has 150 valence electrons. The zero-order chi connectivity index (χ0) is 19.6. The first-order valence-electron chi connectivity index (χ1n) is 10.8. The molecule has 2 aliphatic heterocycles. The number of methoxy groups -OCH3 is 1. The van der Waals surface area contributed by atoms with Gasteiger partial charge in [-0.3, -0.25) is 0 Å². The summed E-state index contributed by atoms with van der Waals surface area (Å²) >= 11 is 0. The van der Waals surface area contributed by atoms with Gasteiger partial charge in [-0.25, -0.2) is 0 Å². The van der Waals surface area contributed by atoms with Crippen LogP contribution in [0.25, 0.3) is 0 Å². The van der Waals surface area contributed by atoms with E-state index in [1.165, 1.54) is 11.1 Å². The summed E-state index contributed by atoms with van der Waals surface area (Å²) in [5.74, 6) is 1.88. The molecule has 2 heterocycles. The third-order valence-electron chi connectivity index (χ3n) is 8.92. The van der Waals surface area contributed by atoms with Crippen LogP contribution < -0.4 is 10.1 Å². The molecule has 1 aromatic rings. The van der Waals surface area contributed by atoms with Crippen LogP contribution in [0, 0.1) is 17.3 Å². The summed E-state index contributed by atoms with van der Waals surface area (Å²) in [5, 5.41) is 14.5. The lowest BCUT2D eigenvalue weighted by atomic mass is 9.40. The Bertz CT molecular complexity index is 929. The minimum atomic E-state index is -0.298. The van der Waals surface area contributed by atoms with E-state index in [0.717, 1.165) is 31.6 Å². The molecule has 4 nitrogen and oxygen atoms in total. The minimum Gasteiger partial charge on any atom is -0.504 e. The topological polar surface area (TPSA) is 50.7 Å². The number of hydrogen-bond acceptors (Lipinski definition) is 4. The molecular formula is C24H31NO3. The Morgan fingerprint density at radius 3 is 2.82 bits per heavy atom. The number of benzene rings is 1. The summed E-state index contributed by atoms with van der Waals surface area (Å²) in [6, 6.07) is 4.32. The first-order valence-corrected chi connectivity index (χ1v) is 10.8. The van der Waals surface area contributed by atoms with E-state index in [-0.39, 0.29) is 28.3 Å². The van der Waals surface area contributed by atoms with Crippen molar-refractivity contribution in [3.05, 3.63) is 34.4 Å². The van der Waals surface area contributed by atoms with Crippen molar-refractivity contribution >= 4 is 0 Å². The molecule has 1 aromatic carbocycles. The largest absolute Gasteiger partial charge is 0.504 e. The Labute approximate surface area is 167 Å². The molecule has 1 spiro atoms. The summed E-state index contributed by atoms with van der Waals surface area (Å²) in [4.78, 5) is 0. The number of aromatic hydroxyl groups is 1. The van der Waals surface area contributed by atoms with Crippen LogP contribution in [0.2, 0.25) is 0 Å². The number of ether oxygens (including phenoxy) is 2. The Balaban J connectivity index is 1.65. The highest BCUT2D eigenvalue weighted by atomic mass is 16.6. The molecule has 1 saturated carbocycles. The van der Waals surface area contributed by atoms with Gasteiger partial charge in [-0.15, -0.1) is 0 Å². The second-order valence-corrected chi connectivity index (χ2v) is 10.8. The maximum Gasteiger partial charge on any atom is 0.166 e. The lowest BCUT2D eigenvalue weighted by Gasteiger charge is -2.68. The number of nitrogens with one attached hydrogen (secondary N) is 1. The fourth-order valence-corrected chi connectivity index (χ4v) is 7.42. The number of piperidine rings is 1. The van der Waals surface area contributed by atoms with Crippen molar-refractivity contribution in [3.8, 4) is 11.5 Å². The van der Waals surface area contributed by atoms with Gasteiger partial charge < -0.3 is 19.9 Å². The molecule has 1 saturated heterocycles. The Kier molecular flexibility index (Phi) is 3.07. The second kappa shape index (κ2) is 4.96. The quantitative estimate of drug-likeness (QED) is 0.767. The molecule has 2 fully saturated rings. The van der Waals surface area contributed by atoms with Crippen LogP contribution in [0.15, 0.2) is 23.3 Å². The van der Waals surface area contributed by atoms with Crippen LogP contribution in [0.1, 0.15) is 51.7 Å². The first-order chi connectivity index (χ1) is 13.3. The molecule has 28 heavy (non-hydrogen) atoms. The highest BCUT2D eigenvalue weighted by Gasteiger charge is 2.76. The van der Waals surface area contributed by atoms with E-state index in [4.69, 9.17) is 9.47 Å². The van der Waals surface area contributed by atoms with E-state index < -0.39 is 0 Å². The molecule has 4 bridgehead atoms. The van der Waals surface area contributed by atoms with Crippen LogP contribution >= 0.6 is 0 Å². The molecule has 4 aliphatic carbocycles. The van der Waals surface area contributed by atoms with Gasteiger partial charge in [-0.05, 0) is 47.9 Å². The highest BCUT2D eigenvalue weighted by Crippen LogP contribution is 2.72. The number of phenolic OH excluding ortho intramolecular Hbond substituents is 1. The van der Waals surface area contributed by atoms with E-state index in [9.17, 15) is 5.11 Å². The van der Waals surface area contributed by atoms with E-state index in [1.807, 2.05) is 13.2 Å². The summed E-state index contributed by atoms with van der Waals surface area (Å²) < 4.78 is 13.1. The van der Waals surface area contributed by atoms with Crippen molar-refractivity contribution in [2.45, 2.75) is 70.1 Å². The van der Waals surface area contributed by atoms with Crippen LogP contribution in [-0.2, 0) is 16.6 Å². The van der Waals surface area contributed by atoms with Crippen molar-refractivity contribution < 1.29 is 14.6 Å². The summed E-state index contributed by atoms with van der Waals surface area (Å²) in [6.45, 7) is 10.4. The smallest absolute Gasteiger partial charge is 0.166 e. The van der Waals surface area contributed by atoms with E-state index >= 15 is 0 Å². The molecule has 0 radical (unpaired) electrons. The van der Waals surface area contributed by atoms with Crippen molar-refractivity contribution in [2.75, 3.05) is 13.7 Å². The molecule has 0 amide bonds. The highest BCUT2D eigenvalue weighted by molar-refractivity contribution is 5.69. The van der Waals surface area contributed by atoms with E-state index in [1.54, 1.807) is 11.1 Å². The first kappa shape index (κ1) is 17.3.